The number of esters is 1. The van der Waals surface area contributed by atoms with Crippen LogP contribution in [0.2, 0.25) is 0 Å². The molecule has 144 valence electrons. The van der Waals surface area contributed by atoms with Gasteiger partial charge in [-0.05, 0) is 46.1 Å². The summed E-state index contributed by atoms with van der Waals surface area (Å²) < 4.78 is 6.71. The van der Waals surface area contributed by atoms with E-state index in [1.54, 1.807) is 18.7 Å². The van der Waals surface area contributed by atoms with Crippen molar-refractivity contribution in [3.63, 3.8) is 0 Å². The van der Waals surface area contributed by atoms with Crippen LogP contribution in [0, 0.1) is 19.8 Å². The zero-order valence-corrected chi connectivity index (χ0v) is 16.9. The van der Waals surface area contributed by atoms with Crippen molar-refractivity contribution in [2.45, 2.75) is 73.0 Å². The Bertz CT molecular complexity index is 729. The van der Waals surface area contributed by atoms with Gasteiger partial charge in [0.2, 0.25) is 5.91 Å². The maximum Gasteiger partial charge on any atom is 0.354 e. The van der Waals surface area contributed by atoms with Crippen molar-refractivity contribution in [3.8, 4) is 0 Å². The van der Waals surface area contributed by atoms with Crippen LogP contribution in [0.25, 0.3) is 0 Å². The molecule has 2 rings (SSSR count). The first-order chi connectivity index (χ1) is 12.2. The lowest BCUT2D eigenvalue weighted by molar-refractivity contribution is -0.136. The van der Waals surface area contributed by atoms with Gasteiger partial charge < -0.3 is 14.2 Å². The molecule has 0 saturated heterocycles. The molecular weight excluding hydrogens is 332 g/mol. The predicted octanol–water partition coefficient (Wildman–Crippen LogP) is 3.13. The Hall–Kier alpha value is -2.11. The fraction of sp³-hybridized carbons (Fsp3) is 0.650. The van der Waals surface area contributed by atoms with Crippen molar-refractivity contribution >= 4 is 17.7 Å². The van der Waals surface area contributed by atoms with Gasteiger partial charge in [-0.15, -0.1) is 0 Å². The molecule has 1 aliphatic carbocycles. The van der Waals surface area contributed by atoms with Crippen LogP contribution in [0.4, 0.5) is 0 Å². The standard InChI is InChI=1S/C20H30N2O4/c1-8-21-13(5)16(12(4)17(21)20(25)26-7)18(23)14(6)22(15-9-10-15)19(24)11(2)3/h11,14-15H,8-10H2,1-7H3/t14-/m0/s1. The molecule has 0 aromatic carbocycles. The first-order valence-electron chi connectivity index (χ1n) is 9.31. The van der Waals surface area contributed by atoms with E-state index in [0.717, 1.165) is 18.5 Å². The van der Waals surface area contributed by atoms with Crippen molar-refractivity contribution in [3.05, 3.63) is 22.5 Å². The average Bonchev–Trinajstić information content (AvgIpc) is 3.39. The zero-order chi connectivity index (χ0) is 19.8. The van der Waals surface area contributed by atoms with Gasteiger partial charge in [-0.1, -0.05) is 13.8 Å². The molecule has 1 heterocycles. The molecule has 1 amide bonds. The molecule has 0 bridgehead atoms. The summed E-state index contributed by atoms with van der Waals surface area (Å²) in [6.07, 6.45) is 1.88. The maximum absolute atomic E-state index is 13.3. The van der Waals surface area contributed by atoms with E-state index < -0.39 is 12.0 Å². The largest absolute Gasteiger partial charge is 0.464 e. The lowest BCUT2D eigenvalue weighted by atomic mass is 9.98. The summed E-state index contributed by atoms with van der Waals surface area (Å²) in [5.74, 6) is -0.708. The molecule has 26 heavy (non-hydrogen) atoms. The van der Waals surface area contributed by atoms with Crippen LogP contribution in [-0.4, -0.2) is 46.3 Å². The van der Waals surface area contributed by atoms with Gasteiger partial charge in [-0.25, -0.2) is 4.79 Å². The molecule has 0 N–H and O–H groups in total. The number of amides is 1. The van der Waals surface area contributed by atoms with Crippen molar-refractivity contribution in [2.24, 2.45) is 5.92 Å². The molecule has 1 aromatic rings. The summed E-state index contributed by atoms with van der Waals surface area (Å²) in [5.41, 5.74) is 2.31. The Balaban J connectivity index is 2.47. The lowest BCUT2D eigenvalue weighted by Crippen LogP contribution is -2.46. The zero-order valence-electron chi connectivity index (χ0n) is 16.9. The summed E-state index contributed by atoms with van der Waals surface area (Å²) >= 11 is 0. The van der Waals surface area contributed by atoms with Gasteiger partial charge in [-0.3, -0.25) is 9.59 Å². The third-order valence-corrected chi connectivity index (χ3v) is 5.19. The van der Waals surface area contributed by atoms with Crippen molar-refractivity contribution in [2.75, 3.05) is 7.11 Å². The first kappa shape index (κ1) is 20.2. The van der Waals surface area contributed by atoms with Crippen molar-refractivity contribution in [1.29, 1.82) is 0 Å². The topological polar surface area (TPSA) is 68.6 Å². The molecule has 1 fully saturated rings. The highest BCUT2D eigenvalue weighted by atomic mass is 16.5. The molecule has 1 aliphatic rings. The fourth-order valence-corrected chi connectivity index (χ4v) is 3.69. The van der Waals surface area contributed by atoms with Gasteiger partial charge in [0.15, 0.2) is 5.78 Å². The van der Waals surface area contributed by atoms with E-state index in [2.05, 4.69) is 0 Å². The summed E-state index contributed by atoms with van der Waals surface area (Å²) in [7, 11) is 1.34. The smallest absolute Gasteiger partial charge is 0.354 e. The minimum atomic E-state index is -0.548. The molecule has 1 aromatic heterocycles. The Morgan fingerprint density at radius 3 is 2.19 bits per heavy atom. The molecule has 6 nitrogen and oxygen atoms in total. The van der Waals surface area contributed by atoms with Crippen molar-refractivity contribution < 1.29 is 19.1 Å². The second-order valence-corrected chi connectivity index (χ2v) is 7.34. The second-order valence-electron chi connectivity index (χ2n) is 7.34. The van der Waals surface area contributed by atoms with Crippen LogP contribution in [0.15, 0.2) is 0 Å². The van der Waals surface area contributed by atoms with Gasteiger partial charge in [0.1, 0.15) is 5.69 Å². The fourth-order valence-electron chi connectivity index (χ4n) is 3.69. The van der Waals surface area contributed by atoms with Crippen LogP contribution in [-0.2, 0) is 16.1 Å². The Morgan fingerprint density at radius 2 is 1.77 bits per heavy atom. The molecular formula is C20H30N2O4. The highest BCUT2D eigenvalue weighted by Crippen LogP contribution is 2.32. The van der Waals surface area contributed by atoms with E-state index in [4.69, 9.17) is 4.74 Å². The molecule has 1 saturated carbocycles. The van der Waals surface area contributed by atoms with E-state index in [0.29, 0.717) is 23.4 Å². The van der Waals surface area contributed by atoms with Crippen LogP contribution in [0.5, 0.6) is 0 Å². The highest BCUT2D eigenvalue weighted by molar-refractivity contribution is 6.06. The van der Waals surface area contributed by atoms with Crippen molar-refractivity contribution in [1.82, 2.24) is 9.47 Å². The minimum Gasteiger partial charge on any atom is -0.464 e. The Morgan fingerprint density at radius 1 is 1.19 bits per heavy atom. The second kappa shape index (κ2) is 7.64. The average molecular weight is 362 g/mol. The number of nitrogens with zero attached hydrogens (tertiary/aromatic N) is 2. The number of ether oxygens (including phenoxy) is 1. The molecule has 0 aliphatic heterocycles. The predicted molar refractivity (Wildman–Crippen MR) is 99.4 cm³/mol. The van der Waals surface area contributed by atoms with E-state index in [-0.39, 0.29) is 23.7 Å². The van der Waals surface area contributed by atoms with E-state index in [9.17, 15) is 14.4 Å². The molecule has 0 radical (unpaired) electrons. The molecule has 6 heteroatoms. The summed E-state index contributed by atoms with van der Waals surface area (Å²) in [6, 6.07) is -0.397. The van der Waals surface area contributed by atoms with Crippen LogP contribution >= 0.6 is 0 Å². The Kier molecular flexibility index (Phi) is 5.94. The third-order valence-electron chi connectivity index (χ3n) is 5.19. The SMILES string of the molecule is CCn1c(C)c(C(=O)[C@H](C)N(C(=O)C(C)C)C2CC2)c(C)c1C(=O)OC. The van der Waals surface area contributed by atoms with E-state index >= 15 is 0 Å². The summed E-state index contributed by atoms with van der Waals surface area (Å²) in [6.45, 7) is 11.6. The highest BCUT2D eigenvalue weighted by Gasteiger charge is 2.40. The third kappa shape index (κ3) is 3.41. The molecule has 0 spiro atoms. The number of Topliss-reactive ketones (excluding diaryl/α,β-unsaturated/α-hetero) is 1. The van der Waals surface area contributed by atoms with Crippen LogP contribution < -0.4 is 0 Å². The molecule has 1 atom stereocenters. The number of ketones is 1. The van der Waals surface area contributed by atoms with Gasteiger partial charge in [-0.2, -0.15) is 0 Å². The van der Waals surface area contributed by atoms with Gasteiger partial charge >= 0.3 is 5.97 Å². The quantitative estimate of drug-likeness (QED) is 0.552. The number of hydrogen-bond acceptors (Lipinski definition) is 4. The number of methoxy groups -OCH3 is 1. The Labute approximate surface area is 155 Å². The van der Waals surface area contributed by atoms with Gasteiger partial charge in [0.05, 0.1) is 13.2 Å². The lowest BCUT2D eigenvalue weighted by Gasteiger charge is -2.30. The monoisotopic (exact) mass is 362 g/mol. The van der Waals surface area contributed by atoms with Crippen LogP contribution in [0.1, 0.15) is 72.6 Å². The summed E-state index contributed by atoms with van der Waals surface area (Å²) in [5, 5.41) is 0. The minimum absolute atomic E-state index is 0.00627. The first-order valence-corrected chi connectivity index (χ1v) is 9.31. The van der Waals surface area contributed by atoms with Crippen LogP contribution in [0.3, 0.4) is 0 Å². The van der Waals surface area contributed by atoms with Gasteiger partial charge in [0, 0.05) is 29.8 Å². The van der Waals surface area contributed by atoms with Gasteiger partial charge in [0.25, 0.3) is 0 Å². The normalized spacial score (nSPS) is 15.1. The summed E-state index contributed by atoms with van der Waals surface area (Å²) in [4.78, 5) is 39.9. The maximum atomic E-state index is 13.3. The number of hydrogen-bond donors (Lipinski definition) is 0. The van der Waals surface area contributed by atoms with E-state index in [1.807, 2.05) is 32.3 Å². The number of rotatable bonds is 7. The number of carbonyl (C=O) groups is 3. The molecule has 0 unspecified atom stereocenters. The number of carbonyl (C=O) groups excluding carboxylic acids is 3. The van der Waals surface area contributed by atoms with E-state index in [1.165, 1.54) is 7.11 Å². The number of aromatic nitrogens is 1.